The van der Waals surface area contributed by atoms with Crippen molar-refractivity contribution >= 4 is 10.0 Å². The van der Waals surface area contributed by atoms with Crippen molar-refractivity contribution in [3.8, 4) is 0 Å². The topological polar surface area (TPSA) is 40.6 Å². The Labute approximate surface area is 136 Å². The molecule has 7 heteroatoms. The van der Waals surface area contributed by atoms with E-state index in [-0.39, 0.29) is 5.41 Å². The molecule has 3 rings (SSSR count). The van der Waals surface area contributed by atoms with Crippen molar-refractivity contribution in [3.05, 3.63) is 35.4 Å². The molecular formula is C16H22F2N2O2S. The fraction of sp³-hybridized carbons (Fsp3) is 0.625. The number of likely N-dealkylation sites (tertiary alicyclic amines) is 1. The highest BCUT2D eigenvalue weighted by Gasteiger charge is 2.43. The van der Waals surface area contributed by atoms with E-state index in [1.54, 1.807) is 10.4 Å². The molecule has 1 atom stereocenters. The third-order valence-electron chi connectivity index (χ3n) is 5.04. The monoisotopic (exact) mass is 344 g/mol. The highest BCUT2D eigenvalue weighted by molar-refractivity contribution is 7.88. The molecule has 1 aromatic rings. The molecule has 128 valence electrons. The van der Waals surface area contributed by atoms with Gasteiger partial charge >= 0.3 is 0 Å². The molecule has 4 nitrogen and oxygen atoms in total. The van der Waals surface area contributed by atoms with Crippen LogP contribution < -0.4 is 0 Å². The van der Waals surface area contributed by atoms with Gasteiger partial charge in [0.05, 0.1) is 6.26 Å². The zero-order valence-electron chi connectivity index (χ0n) is 13.3. The fourth-order valence-electron chi connectivity index (χ4n) is 3.87. The Kier molecular flexibility index (Phi) is 4.46. The first-order valence-corrected chi connectivity index (χ1v) is 9.74. The average molecular weight is 344 g/mol. The Balaban J connectivity index is 1.71. The molecule has 1 aromatic carbocycles. The van der Waals surface area contributed by atoms with Gasteiger partial charge in [-0.1, -0.05) is 12.1 Å². The van der Waals surface area contributed by atoms with E-state index in [0.29, 0.717) is 25.2 Å². The molecule has 0 bridgehead atoms. The van der Waals surface area contributed by atoms with E-state index in [4.69, 9.17) is 0 Å². The number of nitrogens with zero attached hydrogens (tertiary/aromatic N) is 2. The minimum absolute atomic E-state index is 0.0505. The summed E-state index contributed by atoms with van der Waals surface area (Å²) in [5, 5.41) is 0. The second-order valence-corrected chi connectivity index (χ2v) is 8.86. The molecule has 2 fully saturated rings. The molecule has 23 heavy (non-hydrogen) atoms. The predicted octanol–water partition coefficient (Wildman–Crippen LogP) is 2.21. The fourth-order valence-corrected chi connectivity index (χ4v) is 4.80. The van der Waals surface area contributed by atoms with E-state index in [1.165, 1.54) is 12.3 Å². The summed E-state index contributed by atoms with van der Waals surface area (Å²) in [6.07, 6.45) is 4.02. The van der Waals surface area contributed by atoms with Crippen LogP contribution in [0.5, 0.6) is 0 Å². The molecular weight excluding hydrogens is 322 g/mol. The van der Waals surface area contributed by atoms with Gasteiger partial charge in [-0.05, 0) is 37.3 Å². The largest absolute Gasteiger partial charge is 0.298 e. The van der Waals surface area contributed by atoms with Gasteiger partial charge in [0.2, 0.25) is 10.0 Å². The first-order valence-electron chi connectivity index (χ1n) is 7.90. The van der Waals surface area contributed by atoms with Gasteiger partial charge in [0.15, 0.2) is 11.6 Å². The third-order valence-corrected chi connectivity index (χ3v) is 6.29. The molecule has 0 N–H and O–H groups in total. The second kappa shape index (κ2) is 6.11. The summed E-state index contributed by atoms with van der Waals surface area (Å²) in [7, 11) is -3.16. The normalized spacial score (nSPS) is 26.9. The Hall–Kier alpha value is -1.05. The zero-order valence-corrected chi connectivity index (χ0v) is 14.1. The van der Waals surface area contributed by atoms with E-state index in [2.05, 4.69) is 4.90 Å². The smallest absolute Gasteiger partial charge is 0.211 e. The number of piperidine rings is 1. The summed E-state index contributed by atoms with van der Waals surface area (Å²) in [6.45, 7) is 3.02. The van der Waals surface area contributed by atoms with E-state index in [0.717, 1.165) is 38.4 Å². The maximum absolute atomic E-state index is 13.9. The van der Waals surface area contributed by atoms with Crippen molar-refractivity contribution < 1.29 is 17.2 Å². The molecule has 0 amide bonds. The van der Waals surface area contributed by atoms with Gasteiger partial charge in [0, 0.05) is 31.7 Å². The number of benzene rings is 1. The first kappa shape index (κ1) is 16.8. The second-order valence-electron chi connectivity index (χ2n) is 6.87. The van der Waals surface area contributed by atoms with Gasteiger partial charge in [-0.2, -0.15) is 0 Å². The summed E-state index contributed by atoms with van der Waals surface area (Å²) < 4.78 is 52.2. The lowest BCUT2D eigenvalue weighted by molar-refractivity contribution is 0.0924. The van der Waals surface area contributed by atoms with Gasteiger partial charge in [0.1, 0.15) is 0 Å². The lowest BCUT2D eigenvalue weighted by Gasteiger charge is -2.40. The van der Waals surface area contributed by atoms with Crippen molar-refractivity contribution in [2.45, 2.75) is 25.8 Å². The van der Waals surface area contributed by atoms with Gasteiger partial charge in [0.25, 0.3) is 0 Å². The molecule has 0 saturated carbocycles. The zero-order chi connectivity index (χ0) is 16.7. The Morgan fingerprint density at radius 3 is 2.65 bits per heavy atom. The standard InChI is InChI=1S/C16H22F2N2O2S/c1-23(21,22)20-9-7-16(12-20)6-3-8-19(11-16)10-13-4-2-5-14(17)15(13)18/h2,4-5H,3,6-12H2,1H3. The number of halogens is 2. The van der Waals surface area contributed by atoms with Crippen molar-refractivity contribution in [2.24, 2.45) is 5.41 Å². The van der Waals surface area contributed by atoms with Crippen LogP contribution >= 0.6 is 0 Å². The van der Waals surface area contributed by atoms with Crippen LogP contribution in [0.15, 0.2) is 18.2 Å². The molecule has 2 saturated heterocycles. The maximum Gasteiger partial charge on any atom is 0.211 e. The minimum atomic E-state index is -3.16. The van der Waals surface area contributed by atoms with Crippen molar-refractivity contribution in [1.29, 1.82) is 0 Å². The Bertz CT molecular complexity index is 695. The number of hydrogen-bond donors (Lipinski definition) is 0. The summed E-state index contributed by atoms with van der Waals surface area (Å²) in [5.74, 6) is -1.60. The lowest BCUT2D eigenvalue weighted by atomic mass is 9.79. The summed E-state index contributed by atoms with van der Waals surface area (Å²) in [5.41, 5.74) is 0.311. The van der Waals surface area contributed by atoms with Crippen LogP contribution in [-0.2, 0) is 16.6 Å². The Morgan fingerprint density at radius 1 is 1.17 bits per heavy atom. The van der Waals surface area contributed by atoms with Crippen LogP contribution in [0.25, 0.3) is 0 Å². The van der Waals surface area contributed by atoms with E-state index in [1.807, 2.05) is 0 Å². The predicted molar refractivity (Wildman–Crippen MR) is 84.3 cm³/mol. The summed E-state index contributed by atoms with van der Waals surface area (Å²) >= 11 is 0. The maximum atomic E-state index is 13.9. The van der Waals surface area contributed by atoms with Gasteiger partial charge in [-0.25, -0.2) is 21.5 Å². The summed E-state index contributed by atoms with van der Waals surface area (Å²) in [6, 6.07) is 4.25. The SMILES string of the molecule is CS(=O)(=O)N1CCC2(CCCN(Cc3cccc(F)c3F)C2)C1. The van der Waals surface area contributed by atoms with Crippen molar-refractivity contribution in [3.63, 3.8) is 0 Å². The quantitative estimate of drug-likeness (QED) is 0.844. The van der Waals surface area contributed by atoms with Crippen LogP contribution in [0.4, 0.5) is 8.78 Å². The third kappa shape index (κ3) is 3.56. The number of rotatable bonds is 3. The van der Waals surface area contributed by atoms with E-state index in [9.17, 15) is 17.2 Å². The van der Waals surface area contributed by atoms with Gasteiger partial charge in [-0.15, -0.1) is 0 Å². The Morgan fingerprint density at radius 2 is 1.96 bits per heavy atom. The molecule has 0 aromatic heterocycles. The minimum Gasteiger partial charge on any atom is -0.298 e. The molecule has 1 spiro atoms. The van der Waals surface area contributed by atoms with Gasteiger partial charge in [-0.3, -0.25) is 4.90 Å². The highest BCUT2D eigenvalue weighted by Crippen LogP contribution is 2.40. The molecule has 1 unspecified atom stereocenters. The highest BCUT2D eigenvalue weighted by atomic mass is 32.2. The van der Waals surface area contributed by atoms with Crippen LogP contribution in [0.1, 0.15) is 24.8 Å². The van der Waals surface area contributed by atoms with Crippen LogP contribution in [0, 0.1) is 17.0 Å². The molecule has 2 aliphatic heterocycles. The molecule has 2 aliphatic rings. The van der Waals surface area contributed by atoms with Crippen LogP contribution in [-0.4, -0.2) is 50.1 Å². The number of sulfonamides is 1. The molecule has 0 aliphatic carbocycles. The first-order chi connectivity index (χ1) is 10.8. The van der Waals surface area contributed by atoms with E-state index >= 15 is 0 Å². The van der Waals surface area contributed by atoms with Crippen LogP contribution in [0.3, 0.4) is 0 Å². The van der Waals surface area contributed by atoms with Crippen LogP contribution in [0.2, 0.25) is 0 Å². The molecule has 2 heterocycles. The van der Waals surface area contributed by atoms with Gasteiger partial charge < -0.3 is 0 Å². The van der Waals surface area contributed by atoms with Crippen molar-refractivity contribution in [2.75, 3.05) is 32.4 Å². The summed E-state index contributed by atoms with van der Waals surface area (Å²) in [4.78, 5) is 2.12. The van der Waals surface area contributed by atoms with Crippen molar-refractivity contribution in [1.82, 2.24) is 9.21 Å². The van der Waals surface area contributed by atoms with E-state index < -0.39 is 21.7 Å². The number of hydrogen-bond acceptors (Lipinski definition) is 3. The average Bonchev–Trinajstić information content (AvgIpc) is 2.88. The lowest BCUT2D eigenvalue weighted by Crippen LogP contribution is -2.45. The molecule has 0 radical (unpaired) electrons.